The van der Waals surface area contributed by atoms with Crippen molar-refractivity contribution in [3.63, 3.8) is 0 Å². The molecule has 0 aliphatic carbocycles. The average molecular weight is 335 g/mol. The van der Waals surface area contributed by atoms with E-state index in [0.29, 0.717) is 17.8 Å². The van der Waals surface area contributed by atoms with E-state index < -0.39 is 22.0 Å². The number of hydrogen-bond acceptors (Lipinski definition) is 4. The zero-order chi connectivity index (χ0) is 16.8. The Morgan fingerprint density at radius 3 is 2.74 bits per heavy atom. The minimum atomic E-state index is -3.96. The van der Waals surface area contributed by atoms with Crippen LogP contribution in [0, 0.1) is 13.8 Å². The summed E-state index contributed by atoms with van der Waals surface area (Å²) in [7, 11) is -3.96. The van der Waals surface area contributed by atoms with Crippen molar-refractivity contribution >= 4 is 16.0 Å². The van der Waals surface area contributed by atoms with Gasteiger partial charge in [0.05, 0.1) is 6.20 Å². The van der Waals surface area contributed by atoms with Gasteiger partial charge in [0.1, 0.15) is 11.9 Å². The summed E-state index contributed by atoms with van der Waals surface area (Å²) < 4.78 is 26.6. The van der Waals surface area contributed by atoms with Crippen molar-refractivity contribution in [2.24, 2.45) is 0 Å². The van der Waals surface area contributed by atoms with E-state index in [0.717, 1.165) is 15.4 Å². The molecule has 0 saturated heterocycles. The summed E-state index contributed by atoms with van der Waals surface area (Å²) in [6, 6.07) is 4.11. The molecule has 1 atom stereocenters. The normalized spacial score (nSPS) is 18.6. The molecule has 3 rings (SSSR count). The van der Waals surface area contributed by atoms with Crippen LogP contribution in [0.2, 0.25) is 0 Å². The molecule has 0 spiro atoms. The SMILES string of the molecule is Cc1ncc(S(=O)(=O)N2CCc3c(C)cccc3C2C(=O)O)[nH]1. The van der Waals surface area contributed by atoms with E-state index in [4.69, 9.17) is 0 Å². The van der Waals surface area contributed by atoms with E-state index in [9.17, 15) is 18.3 Å². The molecule has 1 aromatic carbocycles. The van der Waals surface area contributed by atoms with Gasteiger partial charge in [0, 0.05) is 6.54 Å². The fourth-order valence-electron chi connectivity index (χ4n) is 3.00. The largest absolute Gasteiger partial charge is 0.480 e. The molecule has 0 radical (unpaired) electrons. The lowest BCUT2D eigenvalue weighted by Gasteiger charge is -2.34. The van der Waals surface area contributed by atoms with Crippen molar-refractivity contribution in [1.82, 2.24) is 14.3 Å². The van der Waals surface area contributed by atoms with Crippen LogP contribution in [-0.4, -0.2) is 40.3 Å². The zero-order valence-electron chi connectivity index (χ0n) is 12.8. The van der Waals surface area contributed by atoms with Gasteiger partial charge in [0.2, 0.25) is 0 Å². The molecule has 8 heteroatoms. The van der Waals surface area contributed by atoms with Crippen LogP contribution in [0.25, 0.3) is 0 Å². The second-order valence-corrected chi connectivity index (χ2v) is 7.44. The highest BCUT2D eigenvalue weighted by Gasteiger charge is 2.41. The van der Waals surface area contributed by atoms with E-state index in [-0.39, 0.29) is 11.6 Å². The van der Waals surface area contributed by atoms with Gasteiger partial charge < -0.3 is 10.1 Å². The molecule has 2 heterocycles. The minimum Gasteiger partial charge on any atom is -0.480 e. The van der Waals surface area contributed by atoms with Gasteiger partial charge in [-0.05, 0) is 37.0 Å². The predicted octanol–water partition coefficient (Wildman–Crippen LogP) is 1.40. The monoisotopic (exact) mass is 335 g/mol. The number of nitrogens with one attached hydrogen (secondary N) is 1. The van der Waals surface area contributed by atoms with Crippen molar-refractivity contribution in [2.45, 2.75) is 31.3 Å². The molecule has 0 amide bonds. The van der Waals surface area contributed by atoms with E-state index in [1.807, 2.05) is 13.0 Å². The van der Waals surface area contributed by atoms with Crippen molar-refractivity contribution in [2.75, 3.05) is 6.54 Å². The smallest absolute Gasteiger partial charge is 0.326 e. The molecule has 7 nitrogen and oxygen atoms in total. The number of imidazole rings is 1. The van der Waals surface area contributed by atoms with E-state index in [1.165, 1.54) is 6.20 Å². The lowest BCUT2D eigenvalue weighted by atomic mass is 9.91. The van der Waals surface area contributed by atoms with Crippen LogP contribution in [-0.2, 0) is 21.2 Å². The van der Waals surface area contributed by atoms with Gasteiger partial charge in [-0.25, -0.2) is 13.4 Å². The lowest BCUT2D eigenvalue weighted by Crippen LogP contribution is -2.43. The zero-order valence-corrected chi connectivity index (χ0v) is 13.6. The highest BCUT2D eigenvalue weighted by molar-refractivity contribution is 7.89. The first-order valence-electron chi connectivity index (χ1n) is 7.17. The highest BCUT2D eigenvalue weighted by atomic mass is 32.2. The molecule has 0 fully saturated rings. The molecule has 122 valence electrons. The Bertz CT molecular complexity index is 873. The number of carbonyl (C=O) groups is 1. The molecule has 2 aromatic rings. The standard InChI is InChI=1S/C15H17N3O4S/c1-9-4-3-5-12-11(9)6-7-18(14(12)15(19)20)23(21,22)13-8-16-10(2)17-13/h3-5,8,14H,6-7H2,1-2H3,(H,16,17)(H,19,20). The quantitative estimate of drug-likeness (QED) is 0.882. The predicted molar refractivity (Wildman–Crippen MR) is 82.5 cm³/mol. The summed E-state index contributed by atoms with van der Waals surface area (Å²) >= 11 is 0. The maximum atomic E-state index is 12.8. The number of hydrogen-bond donors (Lipinski definition) is 2. The maximum absolute atomic E-state index is 12.8. The molecule has 23 heavy (non-hydrogen) atoms. The van der Waals surface area contributed by atoms with Crippen LogP contribution < -0.4 is 0 Å². The second-order valence-electron chi connectivity index (χ2n) is 5.58. The van der Waals surface area contributed by atoms with Gasteiger partial charge >= 0.3 is 5.97 Å². The third kappa shape index (κ3) is 2.53. The number of aryl methyl sites for hydroxylation is 2. The van der Waals surface area contributed by atoms with Crippen molar-refractivity contribution in [3.8, 4) is 0 Å². The summed E-state index contributed by atoms with van der Waals surface area (Å²) in [6.07, 6.45) is 1.70. The van der Waals surface area contributed by atoms with Gasteiger partial charge in [-0.3, -0.25) is 4.79 Å². The van der Waals surface area contributed by atoms with Crippen molar-refractivity contribution in [1.29, 1.82) is 0 Å². The molecule has 1 aliphatic heterocycles. The molecule has 0 bridgehead atoms. The number of sulfonamides is 1. The number of carboxylic acids is 1. The number of aromatic nitrogens is 2. The Labute approximate surface area is 134 Å². The number of carboxylic acid groups (broad SMARTS) is 1. The van der Waals surface area contributed by atoms with Crippen LogP contribution in [0.4, 0.5) is 0 Å². The topological polar surface area (TPSA) is 103 Å². The molecule has 1 aliphatic rings. The third-order valence-corrected chi connectivity index (χ3v) is 5.89. The van der Waals surface area contributed by atoms with Gasteiger partial charge in [0.15, 0.2) is 5.03 Å². The Morgan fingerprint density at radius 1 is 1.39 bits per heavy atom. The number of aromatic amines is 1. The van der Waals surface area contributed by atoms with E-state index in [1.54, 1.807) is 19.1 Å². The molecule has 2 N–H and O–H groups in total. The van der Waals surface area contributed by atoms with Gasteiger partial charge in [-0.2, -0.15) is 4.31 Å². The van der Waals surface area contributed by atoms with Gasteiger partial charge in [-0.1, -0.05) is 18.2 Å². The van der Waals surface area contributed by atoms with Crippen molar-refractivity contribution < 1.29 is 18.3 Å². The Hall–Kier alpha value is -2.19. The van der Waals surface area contributed by atoms with Gasteiger partial charge in [0.25, 0.3) is 10.0 Å². The van der Waals surface area contributed by atoms with Crippen LogP contribution in [0.3, 0.4) is 0 Å². The highest BCUT2D eigenvalue weighted by Crippen LogP contribution is 2.35. The van der Waals surface area contributed by atoms with Gasteiger partial charge in [-0.15, -0.1) is 0 Å². The second kappa shape index (κ2) is 5.47. The minimum absolute atomic E-state index is 0.0858. The molecule has 1 aromatic heterocycles. The fraction of sp³-hybridized carbons (Fsp3) is 0.333. The van der Waals surface area contributed by atoms with E-state index in [2.05, 4.69) is 9.97 Å². The average Bonchev–Trinajstić information content (AvgIpc) is 2.93. The number of benzene rings is 1. The summed E-state index contributed by atoms with van der Waals surface area (Å²) in [5.41, 5.74) is 2.42. The fourth-order valence-corrected chi connectivity index (χ4v) is 4.53. The number of nitrogens with zero attached hydrogens (tertiary/aromatic N) is 2. The van der Waals surface area contributed by atoms with Crippen LogP contribution >= 0.6 is 0 Å². The number of aliphatic carboxylic acids is 1. The summed E-state index contributed by atoms with van der Waals surface area (Å²) in [4.78, 5) is 18.4. The molecule has 0 saturated carbocycles. The summed E-state index contributed by atoms with van der Waals surface area (Å²) in [5, 5.41) is 9.54. The lowest BCUT2D eigenvalue weighted by molar-refractivity contribution is -0.142. The van der Waals surface area contributed by atoms with Crippen LogP contribution in [0.5, 0.6) is 0 Å². The first-order chi connectivity index (χ1) is 10.8. The number of H-pyrrole nitrogens is 1. The molecular weight excluding hydrogens is 318 g/mol. The number of rotatable bonds is 3. The first kappa shape index (κ1) is 15.7. The molecular formula is C15H17N3O4S. The molecule has 1 unspecified atom stereocenters. The summed E-state index contributed by atoms with van der Waals surface area (Å²) in [5.74, 6) is -0.722. The Kier molecular flexibility index (Phi) is 3.73. The van der Waals surface area contributed by atoms with Crippen LogP contribution in [0.15, 0.2) is 29.4 Å². The summed E-state index contributed by atoms with van der Waals surface area (Å²) in [6.45, 7) is 3.66. The number of fused-ring (bicyclic) bond motifs is 1. The Morgan fingerprint density at radius 2 is 2.13 bits per heavy atom. The van der Waals surface area contributed by atoms with E-state index >= 15 is 0 Å². The maximum Gasteiger partial charge on any atom is 0.326 e. The van der Waals surface area contributed by atoms with Crippen molar-refractivity contribution in [3.05, 3.63) is 46.9 Å². The first-order valence-corrected chi connectivity index (χ1v) is 8.61. The third-order valence-electron chi connectivity index (χ3n) is 4.11. The Balaban J connectivity index is 2.12. The van der Waals surface area contributed by atoms with Crippen LogP contribution in [0.1, 0.15) is 28.6 Å².